The molecule has 0 spiro atoms. The molecule has 0 aromatic heterocycles. The summed E-state index contributed by atoms with van der Waals surface area (Å²) in [6.07, 6.45) is 0.857. The molecule has 0 bridgehead atoms. The number of aliphatic hydroxyl groups is 1. The molecule has 1 aliphatic rings. The van der Waals surface area contributed by atoms with Gasteiger partial charge in [0.05, 0.1) is 17.4 Å². The first kappa shape index (κ1) is 19.1. The highest BCUT2D eigenvalue weighted by atomic mass is 79.9. The molecule has 138 valence electrons. The summed E-state index contributed by atoms with van der Waals surface area (Å²) < 4.78 is 14.7. The summed E-state index contributed by atoms with van der Waals surface area (Å²) in [7, 11) is 0. The number of hydrogen-bond donors (Lipinski definition) is 2. The Labute approximate surface area is 164 Å². The monoisotopic (exact) mass is 440 g/mol. The lowest BCUT2D eigenvalue weighted by molar-refractivity contribution is 0.0926. The zero-order valence-electron chi connectivity index (χ0n) is 14.0. The van der Waals surface area contributed by atoms with Crippen LogP contribution in [-0.4, -0.2) is 24.1 Å². The summed E-state index contributed by atoms with van der Waals surface area (Å²) >= 11 is 9.16. The van der Waals surface area contributed by atoms with Crippen LogP contribution in [0, 0.1) is 11.7 Å². The van der Waals surface area contributed by atoms with E-state index in [-0.39, 0.29) is 11.5 Å². The number of piperidine rings is 1. The zero-order chi connectivity index (χ0) is 18.8. The molecule has 3 rings (SSSR count). The van der Waals surface area contributed by atoms with Crippen LogP contribution in [0.3, 0.4) is 0 Å². The predicted molar refractivity (Wildman–Crippen MR) is 104 cm³/mol. The standard InChI is InChI=1S/C19H19BrClFN2O2/c20-13-9-15(22)17(19(23)26)16(10-13)24-7-5-12(6-8-24)18(25)11-1-3-14(21)4-2-11/h1-4,9-10,12,18,25H,5-8H2,(H2,23,26). The van der Waals surface area contributed by atoms with Crippen LogP contribution in [0.2, 0.25) is 5.02 Å². The lowest BCUT2D eigenvalue weighted by atomic mass is 9.87. The van der Waals surface area contributed by atoms with E-state index in [1.54, 1.807) is 18.2 Å². The van der Waals surface area contributed by atoms with Gasteiger partial charge in [-0.05, 0) is 48.6 Å². The SMILES string of the molecule is NC(=O)c1c(F)cc(Br)cc1N1CCC(C(O)c2ccc(Cl)cc2)CC1. The molecule has 7 heteroatoms. The first-order chi connectivity index (χ1) is 12.4. The Morgan fingerprint density at radius 2 is 1.88 bits per heavy atom. The molecule has 0 radical (unpaired) electrons. The highest BCUT2D eigenvalue weighted by molar-refractivity contribution is 9.10. The van der Waals surface area contributed by atoms with E-state index in [4.69, 9.17) is 17.3 Å². The third kappa shape index (κ3) is 4.03. The maximum Gasteiger partial charge on any atom is 0.253 e. The summed E-state index contributed by atoms with van der Waals surface area (Å²) in [6.45, 7) is 1.21. The summed E-state index contributed by atoms with van der Waals surface area (Å²) in [5, 5.41) is 11.3. The minimum Gasteiger partial charge on any atom is -0.388 e. The Morgan fingerprint density at radius 3 is 2.46 bits per heavy atom. The van der Waals surface area contributed by atoms with Crippen LogP contribution >= 0.6 is 27.5 Å². The molecule has 3 N–H and O–H groups in total. The van der Waals surface area contributed by atoms with Gasteiger partial charge in [0.25, 0.3) is 5.91 Å². The van der Waals surface area contributed by atoms with E-state index < -0.39 is 17.8 Å². The highest BCUT2D eigenvalue weighted by Crippen LogP contribution is 2.35. The first-order valence-electron chi connectivity index (χ1n) is 8.34. The summed E-state index contributed by atoms with van der Waals surface area (Å²) in [4.78, 5) is 13.6. The smallest absolute Gasteiger partial charge is 0.253 e. The molecule has 1 amide bonds. The largest absolute Gasteiger partial charge is 0.388 e. The molecular weight excluding hydrogens is 423 g/mol. The first-order valence-corrected chi connectivity index (χ1v) is 9.51. The molecule has 1 aliphatic heterocycles. The topological polar surface area (TPSA) is 66.6 Å². The normalized spacial score (nSPS) is 16.5. The van der Waals surface area contributed by atoms with E-state index in [2.05, 4.69) is 15.9 Å². The molecule has 4 nitrogen and oxygen atoms in total. The average molecular weight is 442 g/mol. The van der Waals surface area contributed by atoms with Crippen molar-refractivity contribution in [2.45, 2.75) is 18.9 Å². The van der Waals surface area contributed by atoms with E-state index in [0.29, 0.717) is 28.3 Å². The highest BCUT2D eigenvalue weighted by Gasteiger charge is 2.29. The fourth-order valence-electron chi connectivity index (χ4n) is 3.44. The summed E-state index contributed by atoms with van der Waals surface area (Å²) in [6, 6.07) is 10.1. The fourth-order valence-corrected chi connectivity index (χ4v) is 3.99. The van der Waals surface area contributed by atoms with Gasteiger partial charge in [0.15, 0.2) is 0 Å². The minimum absolute atomic E-state index is 0.0847. The Balaban J connectivity index is 1.75. The maximum absolute atomic E-state index is 14.2. The van der Waals surface area contributed by atoms with Gasteiger partial charge in [-0.1, -0.05) is 39.7 Å². The fraction of sp³-hybridized carbons (Fsp3) is 0.316. The number of anilines is 1. The van der Waals surface area contributed by atoms with Crippen LogP contribution in [0.4, 0.5) is 10.1 Å². The van der Waals surface area contributed by atoms with Gasteiger partial charge in [0, 0.05) is 22.6 Å². The summed E-state index contributed by atoms with van der Waals surface area (Å²) in [5.41, 5.74) is 6.59. The van der Waals surface area contributed by atoms with Crippen molar-refractivity contribution in [2.24, 2.45) is 11.7 Å². The maximum atomic E-state index is 14.2. The number of carbonyl (C=O) groups is 1. The van der Waals surface area contributed by atoms with Gasteiger partial charge in [-0.15, -0.1) is 0 Å². The van der Waals surface area contributed by atoms with Crippen molar-refractivity contribution in [3.63, 3.8) is 0 Å². The van der Waals surface area contributed by atoms with E-state index in [9.17, 15) is 14.3 Å². The Hall–Kier alpha value is -1.63. The molecule has 0 saturated carbocycles. The molecular formula is C19H19BrClFN2O2. The van der Waals surface area contributed by atoms with Gasteiger partial charge in [-0.25, -0.2) is 4.39 Å². The zero-order valence-corrected chi connectivity index (χ0v) is 16.3. The van der Waals surface area contributed by atoms with Crippen LogP contribution in [0.5, 0.6) is 0 Å². The van der Waals surface area contributed by atoms with Crippen molar-refractivity contribution in [3.8, 4) is 0 Å². The van der Waals surface area contributed by atoms with Crippen LogP contribution in [-0.2, 0) is 0 Å². The molecule has 26 heavy (non-hydrogen) atoms. The van der Waals surface area contributed by atoms with Gasteiger partial charge in [-0.3, -0.25) is 4.79 Å². The predicted octanol–water partition coefficient (Wildman–Crippen LogP) is 4.29. The molecule has 1 unspecified atom stereocenters. The molecule has 2 aromatic carbocycles. The molecule has 1 saturated heterocycles. The van der Waals surface area contributed by atoms with E-state index in [1.807, 2.05) is 17.0 Å². The van der Waals surface area contributed by atoms with Gasteiger partial charge in [0.1, 0.15) is 5.82 Å². The average Bonchev–Trinajstić information content (AvgIpc) is 2.61. The van der Waals surface area contributed by atoms with Gasteiger partial charge in [0.2, 0.25) is 0 Å². The number of primary amides is 1. The number of nitrogens with two attached hydrogens (primary N) is 1. The molecule has 1 heterocycles. The van der Waals surface area contributed by atoms with Gasteiger partial charge in [-0.2, -0.15) is 0 Å². The number of rotatable bonds is 4. The van der Waals surface area contributed by atoms with Crippen molar-refractivity contribution in [1.82, 2.24) is 0 Å². The number of hydrogen-bond acceptors (Lipinski definition) is 3. The van der Waals surface area contributed by atoms with Gasteiger partial charge >= 0.3 is 0 Å². The summed E-state index contributed by atoms with van der Waals surface area (Å²) in [5.74, 6) is -1.33. The number of aliphatic hydroxyl groups excluding tert-OH is 1. The van der Waals surface area contributed by atoms with Crippen LogP contribution in [0.15, 0.2) is 40.9 Å². The Bertz CT molecular complexity index is 808. The minimum atomic E-state index is -0.784. The number of carbonyl (C=O) groups excluding carboxylic acids is 1. The molecule has 1 atom stereocenters. The number of nitrogens with zero attached hydrogens (tertiary/aromatic N) is 1. The van der Waals surface area contributed by atoms with Crippen molar-refractivity contribution in [2.75, 3.05) is 18.0 Å². The van der Waals surface area contributed by atoms with E-state index in [0.717, 1.165) is 18.4 Å². The number of amides is 1. The second-order valence-electron chi connectivity index (χ2n) is 6.47. The van der Waals surface area contributed by atoms with Crippen LogP contribution in [0.1, 0.15) is 34.9 Å². The van der Waals surface area contributed by atoms with E-state index >= 15 is 0 Å². The van der Waals surface area contributed by atoms with Crippen molar-refractivity contribution < 1.29 is 14.3 Å². The number of halogens is 3. The van der Waals surface area contributed by atoms with Crippen molar-refractivity contribution in [3.05, 3.63) is 62.8 Å². The molecule has 0 aliphatic carbocycles. The quantitative estimate of drug-likeness (QED) is 0.744. The lowest BCUT2D eigenvalue weighted by Gasteiger charge is -2.36. The molecule has 2 aromatic rings. The third-order valence-corrected chi connectivity index (χ3v) is 5.53. The number of benzene rings is 2. The Morgan fingerprint density at radius 1 is 1.27 bits per heavy atom. The molecule has 1 fully saturated rings. The third-order valence-electron chi connectivity index (χ3n) is 4.82. The lowest BCUT2D eigenvalue weighted by Crippen LogP contribution is -2.37. The second-order valence-corrected chi connectivity index (χ2v) is 7.82. The Kier molecular flexibility index (Phi) is 5.85. The van der Waals surface area contributed by atoms with Crippen molar-refractivity contribution in [1.29, 1.82) is 0 Å². The van der Waals surface area contributed by atoms with Crippen LogP contribution < -0.4 is 10.6 Å². The van der Waals surface area contributed by atoms with Crippen LogP contribution in [0.25, 0.3) is 0 Å². The van der Waals surface area contributed by atoms with Gasteiger partial charge < -0.3 is 15.7 Å². The van der Waals surface area contributed by atoms with E-state index in [1.165, 1.54) is 6.07 Å². The second kappa shape index (κ2) is 7.94. The van der Waals surface area contributed by atoms with Crippen molar-refractivity contribution >= 4 is 39.1 Å².